The largest absolute Gasteiger partial charge is 0.317 e. The first-order chi connectivity index (χ1) is 3.68. The highest BCUT2D eigenvalue weighted by molar-refractivity contribution is 7.83. The Balaban J connectivity index is 3.79. The van der Waals surface area contributed by atoms with Crippen LogP contribution in [0.25, 0.3) is 0 Å². The van der Waals surface area contributed by atoms with E-state index >= 15 is 0 Å². The normalized spacial score (nSPS) is 11.9. The molecule has 2 radical (unpaired) electrons. The summed E-state index contributed by atoms with van der Waals surface area (Å²) in [6.45, 7) is 1.79. The van der Waals surface area contributed by atoms with Gasteiger partial charge in [0, 0.05) is 14.2 Å². The van der Waals surface area contributed by atoms with Gasteiger partial charge in [-0.3, -0.25) is 4.57 Å². The van der Waals surface area contributed by atoms with Gasteiger partial charge in [0.15, 0.2) is 9.19 Å². The van der Waals surface area contributed by atoms with Crippen molar-refractivity contribution in [1.29, 1.82) is 0 Å². The molecule has 0 atom stereocenters. The number of hydrogen-bond acceptors (Lipinski definition) is 3. The van der Waals surface area contributed by atoms with E-state index in [-0.39, 0.29) is 9.19 Å². The minimum Gasteiger partial charge on any atom is -0.317 e. The van der Waals surface area contributed by atoms with Crippen LogP contribution in [0.3, 0.4) is 0 Å². The molecule has 0 fully saturated rings. The van der Waals surface area contributed by atoms with Crippen molar-refractivity contribution < 1.29 is 13.6 Å². The van der Waals surface area contributed by atoms with Gasteiger partial charge in [-0.05, 0) is 0 Å². The van der Waals surface area contributed by atoms with Crippen molar-refractivity contribution in [3.63, 3.8) is 0 Å². The molecule has 0 aromatic heterocycles. The van der Waals surface area contributed by atoms with Crippen molar-refractivity contribution in [3.8, 4) is 0 Å². The van der Waals surface area contributed by atoms with Gasteiger partial charge in [0.25, 0.3) is 7.14 Å². The van der Waals surface area contributed by atoms with Gasteiger partial charge in [-0.1, -0.05) is 6.55 Å². The molecule has 0 aliphatic rings. The van der Waals surface area contributed by atoms with Crippen molar-refractivity contribution in [2.24, 2.45) is 0 Å². The highest BCUT2D eigenvalue weighted by Crippen LogP contribution is 2.43. The third-order valence-corrected chi connectivity index (χ3v) is 5.00. The first-order valence-corrected chi connectivity index (χ1v) is 5.97. The lowest BCUT2D eigenvalue weighted by Gasteiger charge is -2.08. The molecule has 0 aromatic carbocycles. The molecule has 3 nitrogen and oxygen atoms in total. The van der Waals surface area contributed by atoms with Gasteiger partial charge in [0.2, 0.25) is 0 Å². The Bertz CT molecular complexity index is 85.7. The highest BCUT2D eigenvalue weighted by Gasteiger charge is 2.16. The van der Waals surface area contributed by atoms with E-state index in [4.69, 9.17) is 0 Å². The summed E-state index contributed by atoms with van der Waals surface area (Å²) in [5.41, 5.74) is 0. The molecule has 0 heterocycles. The van der Waals surface area contributed by atoms with E-state index in [1.807, 2.05) is 0 Å². The topological polar surface area (TPSA) is 35.5 Å². The molecule has 5 heteroatoms. The monoisotopic (exact) mass is 152 g/mol. The molecule has 0 unspecified atom stereocenters. The van der Waals surface area contributed by atoms with Gasteiger partial charge < -0.3 is 9.05 Å². The van der Waals surface area contributed by atoms with Crippen LogP contribution in [0.2, 0.25) is 6.55 Å². The van der Waals surface area contributed by atoms with E-state index in [9.17, 15) is 4.57 Å². The molecule has 48 valence electrons. The zero-order valence-electron chi connectivity index (χ0n) is 5.17. The second-order valence-electron chi connectivity index (χ2n) is 1.09. The molecule has 0 aromatic rings. The maximum Gasteiger partial charge on any atom is 0.292 e. The summed E-state index contributed by atoms with van der Waals surface area (Å²) in [5, 5.41) is 0. The quantitative estimate of drug-likeness (QED) is 0.449. The lowest BCUT2D eigenvalue weighted by atomic mass is 11.8. The van der Waals surface area contributed by atoms with Crippen LogP contribution in [0, 0.1) is 0 Å². The third-order valence-electron chi connectivity index (χ3n) is 0.755. The minimum atomic E-state index is -2.63. The van der Waals surface area contributed by atoms with E-state index in [1.165, 1.54) is 14.2 Å². The van der Waals surface area contributed by atoms with Crippen molar-refractivity contribution in [1.82, 2.24) is 0 Å². The average Bonchev–Trinajstić information content (AvgIpc) is 1.87. The molecule has 0 aliphatic heterocycles. The maximum atomic E-state index is 10.9. The van der Waals surface area contributed by atoms with Gasteiger partial charge in [0.05, 0.1) is 0 Å². The molecule has 0 rings (SSSR count). The molecule has 8 heavy (non-hydrogen) atoms. The van der Waals surface area contributed by atoms with Crippen LogP contribution < -0.4 is 0 Å². The SMILES string of the molecule is COP(=O)(OC)[Si]C. The molecular formula is C3H9O3PSi. The van der Waals surface area contributed by atoms with Gasteiger partial charge in [-0.2, -0.15) is 0 Å². The molecule has 0 N–H and O–H groups in total. The van der Waals surface area contributed by atoms with Crippen LogP contribution in [0.1, 0.15) is 0 Å². The Morgan fingerprint density at radius 3 is 1.75 bits per heavy atom. The van der Waals surface area contributed by atoms with Gasteiger partial charge in [0.1, 0.15) is 0 Å². The van der Waals surface area contributed by atoms with E-state index in [2.05, 4.69) is 9.05 Å². The lowest BCUT2D eigenvalue weighted by molar-refractivity contribution is 0.293. The Morgan fingerprint density at radius 2 is 1.75 bits per heavy atom. The Kier molecular flexibility index (Phi) is 3.56. The lowest BCUT2D eigenvalue weighted by Crippen LogP contribution is -1.92. The Hall–Kier alpha value is 0.367. The van der Waals surface area contributed by atoms with Crippen LogP contribution in [-0.2, 0) is 13.6 Å². The first-order valence-electron chi connectivity index (χ1n) is 2.09. The standard InChI is InChI=1S/C3H9O3PSi/c1-5-7(4,6-2)8-3/h1-3H3. The van der Waals surface area contributed by atoms with Crippen molar-refractivity contribution in [2.45, 2.75) is 6.55 Å². The molecule has 0 bridgehead atoms. The zero-order chi connectivity index (χ0) is 6.62. The van der Waals surface area contributed by atoms with Gasteiger partial charge in [-0.25, -0.2) is 0 Å². The van der Waals surface area contributed by atoms with Gasteiger partial charge in [-0.15, -0.1) is 0 Å². The summed E-state index contributed by atoms with van der Waals surface area (Å²) in [5.74, 6) is 0. The summed E-state index contributed by atoms with van der Waals surface area (Å²) in [6.07, 6.45) is 0. The maximum absolute atomic E-state index is 10.9. The van der Waals surface area contributed by atoms with Crippen LogP contribution in [0.5, 0.6) is 0 Å². The van der Waals surface area contributed by atoms with Crippen molar-refractivity contribution in [2.75, 3.05) is 14.2 Å². The summed E-state index contributed by atoms with van der Waals surface area (Å²) in [6, 6.07) is 0. The van der Waals surface area contributed by atoms with E-state index in [1.54, 1.807) is 6.55 Å². The second-order valence-corrected chi connectivity index (χ2v) is 6.24. The van der Waals surface area contributed by atoms with Crippen molar-refractivity contribution in [3.05, 3.63) is 0 Å². The molecule has 0 spiro atoms. The molecule has 0 saturated carbocycles. The first kappa shape index (κ1) is 8.37. The summed E-state index contributed by atoms with van der Waals surface area (Å²) in [4.78, 5) is 0. The molecular weight excluding hydrogens is 143 g/mol. The molecule has 0 saturated heterocycles. The fourth-order valence-electron chi connectivity index (χ4n) is 0.257. The third kappa shape index (κ3) is 2.09. The zero-order valence-corrected chi connectivity index (χ0v) is 7.07. The summed E-state index contributed by atoms with van der Waals surface area (Å²) >= 11 is 0. The minimum absolute atomic E-state index is 0.213. The second kappa shape index (κ2) is 3.40. The predicted molar refractivity (Wildman–Crippen MR) is 33.2 cm³/mol. The van der Waals surface area contributed by atoms with Crippen LogP contribution >= 0.6 is 7.14 Å². The smallest absolute Gasteiger partial charge is 0.292 e. The fraction of sp³-hybridized carbons (Fsp3) is 1.00. The summed E-state index contributed by atoms with van der Waals surface area (Å²) < 4.78 is 20.1. The van der Waals surface area contributed by atoms with Crippen LogP contribution in [0.4, 0.5) is 0 Å². The van der Waals surface area contributed by atoms with Crippen LogP contribution in [0.15, 0.2) is 0 Å². The number of hydrogen-bond donors (Lipinski definition) is 0. The molecule has 0 amide bonds. The summed E-state index contributed by atoms with van der Waals surface area (Å²) in [7, 11) is 0.358. The van der Waals surface area contributed by atoms with E-state index in [0.717, 1.165) is 0 Å². The van der Waals surface area contributed by atoms with E-state index in [0.29, 0.717) is 0 Å². The van der Waals surface area contributed by atoms with Crippen molar-refractivity contribution >= 4 is 16.3 Å². The van der Waals surface area contributed by atoms with Gasteiger partial charge >= 0.3 is 0 Å². The predicted octanol–water partition coefficient (Wildman–Crippen LogP) is 1.14. The Labute approximate surface area is 51.6 Å². The highest BCUT2D eigenvalue weighted by atomic mass is 31.4. The Morgan fingerprint density at radius 1 is 1.38 bits per heavy atom. The van der Waals surface area contributed by atoms with Crippen LogP contribution in [-0.4, -0.2) is 23.4 Å². The average molecular weight is 152 g/mol. The molecule has 0 aliphatic carbocycles. The van der Waals surface area contributed by atoms with E-state index < -0.39 is 7.14 Å². The fourth-order valence-corrected chi connectivity index (χ4v) is 1.87. The number of rotatable bonds is 3.